The summed E-state index contributed by atoms with van der Waals surface area (Å²) in [4.78, 5) is 28.7. The summed E-state index contributed by atoms with van der Waals surface area (Å²) in [7, 11) is 3.24. The van der Waals surface area contributed by atoms with Gasteiger partial charge < -0.3 is 14.5 Å². The minimum Gasteiger partial charge on any atom is -0.497 e. The number of benzene rings is 2. The maximum absolute atomic E-state index is 12.7. The van der Waals surface area contributed by atoms with Gasteiger partial charge in [0.2, 0.25) is 5.91 Å². The molecular formula is C19H20N2O3. The predicted octanol–water partition coefficient (Wildman–Crippen LogP) is 2.57. The second-order valence-electron chi connectivity index (χ2n) is 5.78. The summed E-state index contributed by atoms with van der Waals surface area (Å²) in [5.74, 6) is 0.403. The quantitative estimate of drug-likeness (QED) is 0.868. The molecule has 2 aromatic carbocycles. The predicted molar refractivity (Wildman–Crippen MR) is 92.3 cm³/mol. The van der Waals surface area contributed by atoms with E-state index in [1.54, 1.807) is 43.3 Å². The van der Waals surface area contributed by atoms with E-state index in [0.717, 1.165) is 5.69 Å². The number of rotatable bonds is 4. The SMILES string of the molecule is COc1cccc(C(=O)N(C)C2CCN(c3ccccc3)C2=O)c1. The number of methoxy groups -OCH3 is 1. The molecule has 0 N–H and O–H groups in total. The zero-order chi connectivity index (χ0) is 17.1. The van der Waals surface area contributed by atoms with Gasteiger partial charge in [-0.25, -0.2) is 0 Å². The van der Waals surface area contributed by atoms with Crippen molar-refractivity contribution >= 4 is 17.5 Å². The van der Waals surface area contributed by atoms with Gasteiger partial charge in [-0.3, -0.25) is 9.59 Å². The third-order valence-corrected chi connectivity index (χ3v) is 4.35. The molecule has 0 bridgehead atoms. The zero-order valence-corrected chi connectivity index (χ0v) is 13.8. The van der Waals surface area contributed by atoms with Crippen LogP contribution in [0.25, 0.3) is 0 Å². The molecule has 0 spiro atoms. The first-order valence-corrected chi connectivity index (χ1v) is 7.89. The molecule has 124 valence electrons. The van der Waals surface area contributed by atoms with Gasteiger partial charge in [-0.05, 0) is 36.8 Å². The fraction of sp³-hybridized carbons (Fsp3) is 0.263. The van der Waals surface area contributed by atoms with Crippen LogP contribution >= 0.6 is 0 Å². The lowest BCUT2D eigenvalue weighted by molar-refractivity contribution is -0.120. The number of amides is 2. The molecule has 1 fully saturated rings. The fourth-order valence-corrected chi connectivity index (χ4v) is 2.99. The lowest BCUT2D eigenvalue weighted by atomic mass is 10.1. The number of hydrogen-bond donors (Lipinski definition) is 0. The van der Waals surface area contributed by atoms with Crippen molar-refractivity contribution in [3.05, 3.63) is 60.2 Å². The van der Waals surface area contributed by atoms with E-state index in [1.807, 2.05) is 30.3 Å². The second kappa shape index (κ2) is 6.74. The van der Waals surface area contributed by atoms with Gasteiger partial charge in [0.05, 0.1) is 7.11 Å². The van der Waals surface area contributed by atoms with Crippen molar-refractivity contribution < 1.29 is 14.3 Å². The van der Waals surface area contributed by atoms with Crippen molar-refractivity contribution in [2.75, 3.05) is 25.6 Å². The summed E-state index contributed by atoms with van der Waals surface area (Å²) >= 11 is 0. The van der Waals surface area contributed by atoms with Crippen LogP contribution in [0.2, 0.25) is 0 Å². The number of hydrogen-bond acceptors (Lipinski definition) is 3. The first-order chi connectivity index (χ1) is 11.6. The Bertz CT molecular complexity index is 745. The molecule has 0 saturated carbocycles. The highest BCUT2D eigenvalue weighted by molar-refractivity contribution is 6.03. The van der Waals surface area contributed by atoms with Gasteiger partial charge in [0.1, 0.15) is 11.8 Å². The molecule has 0 radical (unpaired) electrons. The fourth-order valence-electron chi connectivity index (χ4n) is 2.99. The molecule has 1 unspecified atom stereocenters. The Morgan fingerprint density at radius 2 is 1.92 bits per heavy atom. The standard InChI is InChI=1S/C19H20N2O3/c1-20(18(22)14-7-6-10-16(13-14)24-2)17-11-12-21(19(17)23)15-8-4-3-5-9-15/h3-10,13,17H,11-12H2,1-2H3. The maximum atomic E-state index is 12.7. The number of likely N-dealkylation sites (N-methyl/N-ethyl adjacent to an activating group) is 1. The molecule has 5 heteroatoms. The maximum Gasteiger partial charge on any atom is 0.254 e. The van der Waals surface area contributed by atoms with Gasteiger partial charge in [-0.2, -0.15) is 0 Å². The van der Waals surface area contributed by atoms with Crippen LogP contribution in [-0.4, -0.2) is 43.5 Å². The second-order valence-corrected chi connectivity index (χ2v) is 5.78. The van der Waals surface area contributed by atoms with Crippen molar-refractivity contribution in [1.29, 1.82) is 0 Å². The first-order valence-electron chi connectivity index (χ1n) is 7.89. The van der Waals surface area contributed by atoms with Crippen LogP contribution in [0.4, 0.5) is 5.69 Å². The average Bonchev–Trinajstić information content (AvgIpc) is 3.02. The van der Waals surface area contributed by atoms with Crippen LogP contribution in [0.3, 0.4) is 0 Å². The van der Waals surface area contributed by atoms with Gasteiger partial charge in [0.15, 0.2) is 0 Å². The molecular weight excluding hydrogens is 304 g/mol. The topological polar surface area (TPSA) is 49.9 Å². The van der Waals surface area contributed by atoms with Crippen LogP contribution in [0.1, 0.15) is 16.8 Å². The van der Waals surface area contributed by atoms with Gasteiger partial charge in [0, 0.05) is 24.8 Å². The van der Waals surface area contributed by atoms with Crippen LogP contribution in [0.15, 0.2) is 54.6 Å². The third kappa shape index (κ3) is 2.97. The van der Waals surface area contributed by atoms with E-state index in [1.165, 1.54) is 4.90 Å². The van der Waals surface area contributed by atoms with E-state index >= 15 is 0 Å². The summed E-state index contributed by atoms with van der Waals surface area (Å²) in [5, 5.41) is 0. The molecule has 0 aliphatic carbocycles. The van der Waals surface area contributed by atoms with E-state index in [0.29, 0.717) is 24.3 Å². The normalized spacial score (nSPS) is 17.0. The Kier molecular flexibility index (Phi) is 4.51. The zero-order valence-electron chi connectivity index (χ0n) is 13.8. The first kappa shape index (κ1) is 16.1. The number of ether oxygens (including phenoxy) is 1. The molecule has 0 aromatic heterocycles. The largest absolute Gasteiger partial charge is 0.497 e. The monoisotopic (exact) mass is 324 g/mol. The summed E-state index contributed by atoms with van der Waals surface area (Å²) in [6.45, 7) is 0.614. The molecule has 1 aliphatic rings. The Morgan fingerprint density at radius 3 is 2.62 bits per heavy atom. The Balaban J connectivity index is 1.76. The van der Waals surface area contributed by atoms with Crippen molar-refractivity contribution in [3.8, 4) is 5.75 Å². The molecule has 3 rings (SSSR count). The highest BCUT2D eigenvalue weighted by Gasteiger charge is 2.37. The smallest absolute Gasteiger partial charge is 0.254 e. The van der Waals surface area contributed by atoms with E-state index in [2.05, 4.69) is 0 Å². The Labute approximate surface area is 141 Å². The van der Waals surface area contributed by atoms with Crippen LogP contribution in [0.5, 0.6) is 5.75 Å². The molecule has 1 aliphatic heterocycles. The van der Waals surface area contributed by atoms with Crippen LogP contribution in [0, 0.1) is 0 Å². The lowest BCUT2D eigenvalue weighted by Gasteiger charge is -2.24. The number of carbonyl (C=O) groups is 2. The number of para-hydroxylation sites is 1. The Morgan fingerprint density at radius 1 is 1.17 bits per heavy atom. The number of anilines is 1. The van der Waals surface area contributed by atoms with Gasteiger partial charge in [0.25, 0.3) is 5.91 Å². The van der Waals surface area contributed by atoms with Crippen molar-refractivity contribution in [3.63, 3.8) is 0 Å². The van der Waals surface area contributed by atoms with Crippen molar-refractivity contribution in [1.82, 2.24) is 4.90 Å². The molecule has 1 heterocycles. The summed E-state index contributed by atoms with van der Waals surface area (Å²) in [6.07, 6.45) is 0.625. The molecule has 2 aromatic rings. The van der Waals surface area contributed by atoms with E-state index < -0.39 is 6.04 Å². The third-order valence-electron chi connectivity index (χ3n) is 4.35. The number of nitrogens with zero attached hydrogens (tertiary/aromatic N) is 2. The van der Waals surface area contributed by atoms with Crippen molar-refractivity contribution in [2.24, 2.45) is 0 Å². The summed E-state index contributed by atoms with van der Waals surface area (Å²) in [5.41, 5.74) is 1.38. The lowest BCUT2D eigenvalue weighted by Crippen LogP contribution is -2.43. The molecule has 2 amide bonds. The van der Waals surface area contributed by atoms with E-state index in [4.69, 9.17) is 4.74 Å². The van der Waals surface area contributed by atoms with Gasteiger partial charge in [-0.15, -0.1) is 0 Å². The van der Waals surface area contributed by atoms with E-state index in [9.17, 15) is 9.59 Å². The molecule has 1 saturated heterocycles. The van der Waals surface area contributed by atoms with Crippen LogP contribution < -0.4 is 9.64 Å². The highest BCUT2D eigenvalue weighted by atomic mass is 16.5. The molecule has 1 atom stereocenters. The van der Waals surface area contributed by atoms with E-state index in [-0.39, 0.29) is 11.8 Å². The minimum absolute atomic E-state index is 0.0417. The van der Waals surface area contributed by atoms with Crippen molar-refractivity contribution in [2.45, 2.75) is 12.5 Å². The highest BCUT2D eigenvalue weighted by Crippen LogP contribution is 2.25. The van der Waals surface area contributed by atoms with Gasteiger partial charge in [-0.1, -0.05) is 24.3 Å². The molecule has 24 heavy (non-hydrogen) atoms. The number of carbonyl (C=O) groups excluding carboxylic acids is 2. The van der Waals surface area contributed by atoms with Crippen LogP contribution in [-0.2, 0) is 4.79 Å². The minimum atomic E-state index is -0.441. The average molecular weight is 324 g/mol. The van der Waals surface area contributed by atoms with Gasteiger partial charge >= 0.3 is 0 Å². The molecule has 5 nitrogen and oxygen atoms in total. The summed E-state index contributed by atoms with van der Waals surface area (Å²) < 4.78 is 5.16. The Hall–Kier alpha value is -2.82. The summed E-state index contributed by atoms with van der Waals surface area (Å²) in [6, 6.07) is 16.1.